The molecule has 2 rings (SSSR count). The van der Waals surface area contributed by atoms with Gasteiger partial charge < -0.3 is 15.0 Å². The average Bonchev–Trinajstić information content (AvgIpc) is 2.49. The van der Waals surface area contributed by atoms with Crippen molar-refractivity contribution in [2.45, 2.75) is 19.8 Å². The highest BCUT2D eigenvalue weighted by Crippen LogP contribution is 2.27. The maximum absolute atomic E-state index is 12.5. The van der Waals surface area contributed by atoms with Crippen molar-refractivity contribution in [3.8, 4) is 5.75 Å². The molecule has 4 nitrogen and oxygen atoms in total. The normalized spacial score (nSPS) is 21.9. The van der Waals surface area contributed by atoms with Crippen LogP contribution in [0, 0.1) is 5.41 Å². The van der Waals surface area contributed by atoms with Crippen LogP contribution in [0.2, 0.25) is 0 Å². The van der Waals surface area contributed by atoms with Crippen molar-refractivity contribution >= 4 is 21.8 Å². The van der Waals surface area contributed by atoms with Gasteiger partial charge in [-0.25, -0.2) is 0 Å². The van der Waals surface area contributed by atoms with Gasteiger partial charge in [-0.05, 0) is 50.6 Å². The second-order valence-electron chi connectivity index (χ2n) is 5.87. The van der Waals surface area contributed by atoms with E-state index >= 15 is 0 Å². The van der Waals surface area contributed by atoms with Gasteiger partial charge in [0, 0.05) is 18.1 Å². The molecule has 0 radical (unpaired) electrons. The van der Waals surface area contributed by atoms with E-state index in [1.54, 1.807) is 4.90 Å². The number of carbonyl (C=O) groups excluding carboxylic acids is 1. The van der Waals surface area contributed by atoms with Crippen molar-refractivity contribution in [1.29, 1.82) is 0 Å². The van der Waals surface area contributed by atoms with E-state index in [0.717, 1.165) is 36.2 Å². The second kappa shape index (κ2) is 7.27. The highest BCUT2D eigenvalue weighted by molar-refractivity contribution is 9.10. The van der Waals surface area contributed by atoms with Crippen LogP contribution < -0.4 is 10.1 Å². The summed E-state index contributed by atoms with van der Waals surface area (Å²) in [6.45, 7) is 4.94. The summed E-state index contributed by atoms with van der Waals surface area (Å²) in [5, 5.41) is 3.32. The van der Waals surface area contributed by atoms with Crippen molar-refractivity contribution in [3.63, 3.8) is 0 Å². The molecule has 1 heterocycles. The zero-order valence-electron chi connectivity index (χ0n) is 12.7. The number of nitrogens with zero attached hydrogens (tertiary/aromatic N) is 1. The fourth-order valence-corrected chi connectivity index (χ4v) is 2.90. The van der Waals surface area contributed by atoms with Crippen LogP contribution in [0.15, 0.2) is 28.7 Å². The molecule has 1 aromatic carbocycles. The summed E-state index contributed by atoms with van der Waals surface area (Å²) >= 11 is 3.39. The minimum Gasteiger partial charge on any atom is -0.492 e. The second-order valence-corrected chi connectivity index (χ2v) is 6.79. The summed E-state index contributed by atoms with van der Waals surface area (Å²) in [5.41, 5.74) is -0.273. The molecule has 21 heavy (non-hydrogen) atoms. The fourth-order valence-electron chi connectivity index (χ4n) is 2.63. The number of carbonyl (C=O) groups is 1. The molecule has 1 N–H and O–H groups in total. The van der Waals surface area contributed by atoms with Crippen LogP contribution in [-0.2, 0) is 4.79 Å². The van der Waals surface area contributed by atoms with E-state index < -0.39 is 0 Å². The number of amides is 1. The number of rotatable bonds is 5. The van der Waals surface area contributed by atoms with Crippen LogP contribution in [0.5, 0.6) is 5.75 Å². The summed E-state index contributed by atoms with van der Waals surface area (Å²) in [7, 11) is 1.85. The van der Waals surface area contributed by atoms with E-state index in [0.29, 0.717) is 13.2 Å². The molecule has 116 valence electrons. The van der Waals surface area contributed by atoms with Gasteiger partial charge in [0.2, 0.25) is 5.91 Å². The fraction of sp³-hybridized carbons (Fsp3) is 0.562. The molecule has 1 atom stereocenters. The van der Waals surface area contributed by atoms with Crippen LogP contribution in [0.25, 0.3) is 0 Å². The van der Waals surface area contributed by atoms with E-state index in [1.165, 1.54) is 0 Å². The molecule has 0 spiro atoms. The van der Waals surface area contributed by atoms with E-state index in [2.05, 4.69) is 21.2 Å². The Balaban J connectivity index is 1.79. The molecular formula is C16H23BrN2O2. The Morgan fingerprint density at radius 3 is 2.76 bits per heavy atom. The van der Waals surface area contributed by atoms with Gasteiger partial charge >= 0.3 is 0 Å². The van der Waals surface area contributed by atoms with Gasteiger partial charge in [0.15, 0.2) is 0 Å². The van der Waals surface area contributed by atoms with Crippen molar-refractivity contribution in [3.05, 3.63) is 28.7 Å². The molecule has 1 amide bonds. The minimum atomic E-state index is -0.273. The minimum absolute atomic E-state index is 0.203. The molecule has 1 aromatic rings. The molecule has 0 aliphatic carbocycles. The van der Waals surface area contributed by atoms with Crippen LogP contribution >= 0.6 is 15.9 Å². The van der Waals surface area contributed by atoms with E-state index in [1.807, 2.05) is 38.2 Å². The van der Waals surface area contributed by atoms with E-state index in [-0.39, 0.29) is 11.3 Å². The van der Waals surface area contributed by atoms with Crippen LogP contribution in [0.3, 0.4) is 0 Å². The maximum atomic E-state index is 12.5. The first kappa shape index (κ1) is 16.3. The lowest BCUT2D eigenvalue weighted by Crippen LogP contribution is -2.49. The smallest absolute Gasteiger partial charge is 0.229 e. The molecule has 5 heteroatoms. The van der Waals surface area contributed by atoms with Gasteiger partial charge in [-0.15, -0.1) is 0 Å². The third kappa shape index (κ3) is 4.45. The van der Waals surface area contributed by atoms with Crippen LogP contribution in [0.1, 0.15) is 19.8 Å². The Morgan fingerprint density at radius 1 is 1.43 bits per heavy atom. The predicted octanol–water partition coefficient (Wildman–Crippen LogP) is 2.68. The number of benzene rings is 1. The largest absolute Gasteiger partial charge is 0.492 e. The lowest BCUT2D eigenvalue weighted by Gasteiger charge is -2.36. The zero-order valence-corrected chi connectivity index (χ0v) is 14.3. The van der Waals surface area contributed by atoms with Gasteiger partial charge in [-0.1, -0.05) is 15.9 Å². The van der Waals surface area contributed by atoms with Crippen molar-refractivity contribution in [2.24, 2.45) is 5.41 Å². The number of ether oxygens (including phenoxy) is 1. The quantitative estimate of drug-likeness (QED) is 0.883. The summed E-state index contributed by atoms with van der Waals surface area (Å²) in [5.74, 6) is 1.03. The molecule has 1 aliphatic rings. The first-order chi connectivity index (χ1) is 10.0. The van der Waals surface area contributed by atoms with Crippen molar-refractivity contribution < 1.29 is 9.53 Å². The molecule has 0 aromatic heterocycles. The Kier molecular flexibility index (Phi) is 5.65. The lowest BCUT2D eigenvalue weighted by molar-refractivity contribution is -0.141. The Hall–Kier alpha value is -1.07. The maximum Gasteiger partial charge on any atom is 0.229 e. The third-order valence-electron chi connectivity index (χ3n) is 3.97. The molecule has 1 unspecified atom stereocenters. The highest BCUT2D eigenvalue weighted by Gasteiger charge is 2.36. The van der Waals surface area contributed by atoms with Crippen LogP contribution in [0.4, 0.5) is 0 Å². The Morgan fingerprint density at radius 2 is 2.14 bits per heavy atom. The monoisotopic (exact) mass is 354 g/mol. The number of nitrogens with one attached hydrogen (secondary N) is 1. The third-order valence-corrected chi connectivity index (χ3v) is 4.50. The van der Waals surface area contributed by atoms with Crippen molar-refractivity contribution in [1.82, 2.24) is 10.2 Å². The number of likely N-dealkylation sites (N-methyl/N-ethyl adjacent to an activating group) is 1. The summed E-state index contributed by atoms with van der Waals surface area (Å²) in [4.78, 5) is 14.3. The summed E-state index contributed by atoms with van der Waals surface area (Å²) in [6, 6.07) is 7.72. The van der Waals surface area contributed by atoms with E-state index in [4.69, 9.17) is 4.74 Å². The molecule has 1 aliphatic heterocycles. The standard InChI is InChI=1S/C16H23BrN2O2/c1-16(8-3-9-18-12-16)15(20)19(2)10-11-21-14-6-4-13(17)5-7-14/h4-7,18H,3,8-12H2,1-2H3. The van der Waals surface area contributed by atoms with Gasteiger partial charge in [0.25, 0.3) is 0 Å². The molecule has 0 bridgehead atoms. The number of hydrogen-bond acceptors (Lipinski definition) is 3. The molecule has 0 saturated carbocycles. The first-order valence-corrected chi connectivity index (χ1v) is 8.15. The Bertz CT molecular complexity index is 470. The van der Waals surface area contributed by atoms with Crippen LogP contribution in [-0.4, -0.2) is 44.1 Å². The van der Waals surface area contributed by atoms with Gasteiger partial charge in [-0.3, -0.25) is 4.79 Å². The number of hydrogen-bond donors (Lipinski definition) is 1. The summed E-state index contributed by atoms with van der Waals surface area (Å²) in [6.07, 6.45) is 2.02. The van der Waals surface area contributed by atoms with Crippen molar-refractivity contribution in [2.75, 3.05) is 33.3 Å². The number of piperidine rings is 1. The Labute approximate surface area is 135 Å². The topological polar surface area (TPSA) is 41.6 Å². The van der Waals surface area contributed by atoms with Gasteiger partial charge in [0.1, 0.15) is 12.4 Å². The zero-order chi connectivity index (χ0) is 15.3. The van der Waals surface area contributed by atoms with Gasteiger partial charge in [0.05, 0.1) is 12.0 Å². The number of halogens is 1. The first-order valence-electron chi connectivity index (χ1n) is 7.36. The molecule has 1 saturated heterocycles. The van der Waals surface area contributed by atoms with Gasteiger partial charge in [-0.2, -0.15) is 0 Å². The molecular weight excluding hydrogens is 332 g/mol. The highest BCUT2D eigenvalue weighted by atomic mass is 79.9. The summed E-state index contributed by atoms with van der Waals surface area (Å²) < 4.78 is 6.70. The molecule has 1 fully saturated rings. The lowest BCUT2D eigenvalue weighted by atomic mass is 9.81. The van der Waals surface area contributed by atoms with E-state index in [9.17, 15) is 4.79 Å². The predicted molar refractivity (Wildman–Crippen MR) is 87.5 cm³/mol. The SMILES string of the molecule is CN(CCOc1ccc(Br)cc1)C(=O)C1(C)CCCNC1. The average molecular weight is 355 g/mol.